The van der Waals surface area contributed by atoms with Gasteiger partial charge in [0.25, 0.3) is 5.56 Å². The minimum atomic E-state index is -0.172. The van der Waals surface area contributed by atoms with E-state index >= 15 is 0 Å². The zero-order chi connectivity index (χ0) is 21.1. The quantitative estimate of drug-likeness (QED) is 0.316. The van der Waals surface area contributed by atoms with Crippen LogP contribution in [0.5, 0.6) is 0 Å². The third-order valence-corrected chi connectivity index (χ3v) is 6.14. The molecule has 0 spiro atoms. The first-order valence-electron chi connectivity index (χ1n) is 9.61. The Morgan fingerprint density at radius 1 is 1.03 bits per heavy atom. The van der Waals surface area contributed by atoms with E-state index in [0.717, 1.165) is 19.8 Å². The summed E-state index contributed by atoms with van der Waals surface area (Å²) in [4.78, 5) is 20.1. The molecule has 4 aromatic rings. The van der Waals surface area contributed by atoms with Gasteiger partial charge in [-0.3, -0.25) is 4.79 Å². The molecule has 1 aromatic heterocycles. The Kier molecular flexibility index (Phi) is 6.16. The van der Waals surface area contributed by atoms with Crippen molar-refractivity contribution in [3.8, 4) is 0 Å². The Labute approximate surface area is 187 Å². The number of benzene rings is 3. The molecule has 0 bridgehead atoms. The third-order valence-electron chi connectivity index (χ3n) is 4.55. The van der Waals surface area contributed by atoms with Crippen molar-refractivity contribution >= 4 is 44.8 Å². The van der Waals surface area contributed by atoms with E-state index in [9.17, 15) is 4.79 Å². The van der Waals surface area contributed by atoms with Gasteiger partial charge in [0, 0.05) is 25.7 Å². The molecule has 0 aliphatic heterocycles. The molecule has 150 valence electrons. The largest absolute Gasteiger partial charge is 0.282 e. The predicted molar refractivity (Wildman–Crippen MR) is 128 cm³/mol. The van der Waals surface area contributed by atoms with E-state index in [2.05, 4.69) is 39.2 Å². The number of nitrogens with zero attached hydrogens (tertiary/aromatic N) is 3. The first-order valence-corrected chi connectivity index (χ1v) is 11.2. The molecule has 3 aromatic carbocycles. The molecular weight excluding hydrogens is 458 g/mol. The lowest BCUT2D eigenvalue weighted by molar-refractivity contribution is 0.665. The van der Waals surface area contributed by atoms with Gasteiger partial charge in [-0.1, -0.05) is 77.9 Å². The molecule has 0 unspecified atom stereocenters. The van der Waals surface area contributed by atoms with Crippen LogP contribution >= 0.6 is 27.7 Å². The van der Waals surface area contributed by atoms with Crippen molar-refractivity contribution in [3.05, 3.63) is 99.0 Å². The van der Waals surface area contributed by atoms with Gasteiger partial charge in [0.2, 0.25) is 0 Å². The van der Waals surface area contributed by atoms with Gasteiger partial charge in [0.15, 0.2) is 0 Å². The first-order chi connectivity index (χ1) is 14.5. The molecule has 4 nitrogen and oxygen atoms in total. The van der Waals surface area contributed by atoms with E-state index < -0.39 is 0 Å². The van der Waals surface area contributed by atoms with Crippen LogP contribution < -0.4 is 5.56 Å². The van der Waals surface area contributed by atoms with Gasteiger partial charge in [0.1, 0.15) is 5.82 Å². The molecule has 1 heterocycles. The monoisotopic (exact) mass is 477 g/mol. The van der Waals surface area contributed by atoms with Crippen molar-refractivity contribution in [1.29, 1.82) is 0 Å². The van der Waals surface area contributed by atoms with E-state index in [4.69, 9.17) is 4.98 Å². The minimum Gasteiger partial charge on any atom is -0.267 e. The van der Waals surface area contributed by atoms with Gasteiger partial charge in [-0.2, -0.15) is 9.78 Å². The van der Waals surface area contributed by atoms with E-state index in [1.807, 2.05) is 62.4 Å². The summed E-state index contributed by atoms with van der Waals surface area (Å²) in [6.07, 6.45) is 1.74. The van der Waals surface area contributed by atoms with Crippen LogP contribution in [0.3, 0.4) is 0 Å². The second kappa shape index (κ2) is 8.98. The molecule has 0 atom stereocenters. The third kappa shape index (κ3) is 4.40. The standard InChI is InChI=1S/C24H20BrN3OS/c1-16(2)23-27-21-13-12-18(25)14-20(21)24(29)28(23)26-15-17-8-6-7-11-22(17)30-19-9-4-3-5-10-19/h3-16H,1-2H3. The first kappa shape index (κ1) is 20.6. The smallest absolute Gasteiger partial charge is 0.267 e. The lowest BCUT2D eigenvalue weighted by Gasteiger charge is -2.12. The Bertz CT molecular complexity index is 1280. The van der Waals surface area contributed by atoms with Crippen LogP contribution in [0, 0.1) is 0 Å². The molecule has 0 saturated carbocycles. The normalized spacial score (nSPS) is 11.6. The van der Waals surface area contributed by atoms with Gasteiger partial charge < -0.3 is 0 Å². The fourth-order valence-electron chi connectivity index (χ4n) is 3.07. The van der Waals surface area contributed by atoms with E-state index in [1.165, 1.54) is 4.68 Å². The van der Waals surface area contributed by atoms with E-state index in [0.29, 0.717) is 16.7 Å². The Balaban J connectivity index is 1.79. The average Bonchev–Trinajstić information content (AvgIpc) is 2.75. The van der Waals surface area contributed by atoms with Gasteiger partial charge in [-0.25, -0.2) is 4.98 Å². The van der Waals surface area contributed by atoms with Crippen LogP contribution in [0.25, 0.3) is 10.9 Å². The molecule has 0 saturated heterocycles. The summed E-state index contributed by atoms with van der Waals surface area (Å²) in [5, 5.41) is 5.11. The maximum Gasteiger partial charge on any atom is 0.282 e. The summed E-state index contributed by atoms with van der Waals surface area (Å²) >= 11 is 5.11. The highest BCUT2D eigenvalue weighted by Gasteiger charge is 2.14. The van der Waals surface area contributed by atoms with Crippen LogP contribution in [0.4, 0.5) is 0 Å². The van der Waals surface area contributed by atoms with Crippen molar-refractivity contribution in [2.75, 3.05) is 0 Å². The fourth-order valence-corrected chi connectivity index (χ4v) is 4.36. The maximum absolute atomic E-state index is 13.2. The lowest BCUT2D eigenvalue weighted by Crippen LogP contribution is -2.23. The Morgan fingerprint density at radius 3 is 2.53 bits per heavy atom. The number of hydrogen-bond donors (Lipinski definition) is 0. The molecule has 6 heteroatoms. The minimum absolute atomic E-state index is 0.0526. The summed E-state index contributed by atoms with van der Waals surface area (Å²) in [5.74, 6) is 0.691. The summed E-state index contributed by atoms with van der Waals surface area (Å²) < 4.78 is 2.26. The van der Waals surface area contributed by atoms with Crippen molar-refractivity contribution < 1.29 is 0 Å². The number of hydrogen-bond acceptors (Lipinski definition) is 4. The molecule has 0 fully saturated rings. The average molecular weight is 478 g/mol. The highest BCUT2D eigenvalue weighted by molar-refractivity contribution is 9.10. The SMILES string of the molecule is CC(C)c1nc2ccc(Br)cc2c(=O)n1N=Cc1ccccc1Sc1ccccc1. The Morgan fingerprint density at radius 2 is 1.77 bits per heavy atom. The number of rotatable bonds is 5. The van der Waals surface area contributed by atoms with Gasteiger partial charge >= 0.3 is 0 Å². The van der Waals surface area contributed by atoms with E-state index in [-0.39, 0.29) is 11.5 Å². The number of halogens is 1. The summed E-state index contributed by atoms with van der Waals surface area (Å²) in [5.41, 5.74) is 1.45. The van der Waals surface area contributed by atoms with Crippen LogP contribution in [0.1, 0.15) is 31.2 Å². The molecule has 0 aliphatic rings. The van der Waals surface area contributed by atoms with Crippen molar-refractivity contribution in [1.82, 2.24) is 9.66 Å². The summed E-state index contributed by atoms with van der Waals surface area (Å²) in [7, 11) is 0. The fraction of sp³-hybridized carbons (Fsp3) is 0.125. The van der Waals surface area contributed by atoms with Crippen LogP contribution in [-0.4, -0.2) is 15.9 Å². The second-order valence-corrected chi connectivity index (χ2v) is 9.13. The van der Waals surface area contributed by atoms with Gasteiger partial charge in [0.05, 0.1) is 17.1 Å². The number of fused-ring (bicyclic) bond motifs is 1. The zero-order valence-corrected chi connectivity index (χ0v) is 19.0. The second-order valence-electron chi connectivity index (χ2n) is 7.10. The molecule has 30 heavy (non-hydrogen) atoms. The van der Waals surface area contributed by atoms with Crippen molar-refractivity contribution in [2.45, 2.75) is 29.6 Å². The molecule has 0 radical (unpaired) electrons. The molecule has 4 rings (SSSR count). The van der Waals surface area contributed by atoms with Crippen LogP contribution in [0.15, 0.2) is 97.0 Å². The maximum atomic E-state index is 13.2. The molecule has 0 N–H and O–H groups in total. The predicted octanol–water partition coefficient (Wildman–Crippen LogP) is 6.32. The van der Waals surface area contributed by atoms with Crippen molar-refractivity contribution in [2.24, 2.45) is 5.10 Å². The number of aromatic nitrogens is 2. The highest BCUT2D eigenvalue weighted by atomic mass is 79.9. The van der Waals surface area contributed by atoms with Crippen LogP contribution in [-0.2, 0) is 0 Å². The Hall–Kier alpha value is -2.70. The van der Waals surface area contributed by atoms with Crippen molar-refractivity contribution in [3.63, 3.8) is 0 Å². The van der Waals surface area contributed by atoms with E-state index in [1.54, 1.807) is 24.0 Å². The topological polar surface area (TPSA) is 47.2 Å². The highest BCUT2D eigenvalue weighted by Crippen LogP contribution is 2.29. The summed E-state index contributed by atoms with van der Waals surface area (Å²) in [6, 6.07) is 23.8. The molecule has 0 aliphatic carbocycles. The molecular formula is C24H20BrN3OS. The zero-order valence-electron chi connectivity index (χ0n) is 16.6. The van der Waals surface area contributed by atoms with Gasteiger partial charge in [-0.05, 0) is 36.4 Å². The summed E-state index contributed by atoms with van der Waals surface area (Å²) in [6.45, 7) is 4.02. The van der Waals surface area contributed by atoms with Gasteiger partial charge in [-0.15, -0.1) is 0 Å². The lowest BCUT2D eigenvalue weighted by atomic mass is 10.2. The van der Waals surface area contributed by atoms with Crippen LogP contribution in [0.2, 0.25) is 0 Å². The molecule has 0 amide bonds.